The average Bonchev–Trinajstić information content (AvgIpc) is 3.18. The van der Waals surface area contributed by atoms with E-state index in [4.69, 9.17) is 0 Å². The van der Waals surface area contributed by atoms with Gasteiger partial charge in [0.2, 0.25) is 5.91 Å². The van der Waals surface area contributed by atoms with Gasteiger partial charge in [-0.1, -0.05) is 19.1 Å². The van der Waals surface area contributed by atoms with E-state index in [0.717, 1.165) is 55.5 Å². The van der Waals surface area contributed by atoms with Crippen LogP contribution in [0.5, 0.6) is 0 Å². The number of anilines is 1. The number of benzene rings is 1. The van der Waals surface area contributed by atoms with E-state index in [-0.39, 0.29) is 11.5 Å². The number of carbonyl (C=O) groups excluding carboxylic acids is 1. The zero-order chi connectivity index (χ0) is 22.1. The normalized spacial score (nSPS) is 20.3. The van der Waals surface area contributed by atoms with Crippen LogP contribution in [-0.4, -0.2) is 69.6 Å². The number of fused-ring (bicyclic) bond motifs is 2. The number of nitrogens with zero attached hydrogens (tertiary/aromatic N) is 5. The molecule has 32 heavy (non-hydrogen) atoms. The molecule has 2 aliphatic rings. The van der Waals surface area contributed by atoms with Gasteiger partial charge < -0.3 is 4.90 Å². The molecular formula is C23H27N5O2S2. The summed E-state index contributed by atoms with van der Waals surface area (Å²) >= 11 is 3.34. The Bertz CT molecular complexity index is 1170. The summed E-state index contributed by atoms with van der Waals surface area (Å²) in [5.41, 5.74) is 1.84. The van der Waals surface area contributed by atoms with Gasteiger partial charge in [0.15, 0.2) is 4.96 Å². The van der Waals surface area contributed by atoms with E-state index >= 15 is 0 Å². The molecule has 2 aromatic heterocycles. The molecule has 1 unspecified atom stereocenters. The Hall–Kier alpha value is -2.20. The van der Waals surface area contributed by atoms with Gasteiger partial charge in [-0.2, -0.15) is 0 Å². The molecule has 0 aliphatic carbocycles. The summed E-state index contributed by atoms with van der Waals surface area (Å²) in [6, 6.07) is 9.88. The quantitative estimate of drug-likeness (QED) is 0.586. The molecule has 1 fully saturated rings. The topological polar surface area (TPSA) is 61.2 Å². The first-order chi connectivity index (χ1) is 15.6. The first-order valence-corrected chi connectivity index (χ1v) is 12.8. The summed E-state index contributed by atoms with van der Waals surface area (Å²) in [5.74, 6) is 0.179. The van der Waals surface area contributed by atoms with Crippen LogP contribution in [0.4, 0.5) is 5.69 Å². The summed E-state index contributed by atoms with van der Waals surface area (Å²) in [4.78, 5) is 38.5. The third kappa shape index (κ3) is 4.61. The first kappa shape index (κ1) is 21.6. The fourth-order valence-electron chi connectivity index (χ4n) is 4.33. The molecule has 5 rings (SSSR count). The van der Waals surface area contributed by atoms with E-state index in [1.165, 1.54) is 16.2 Å². The van der Waals surface area contributed by atoms with Crippen LogP contribution >= 0.6 is 23.1 Å². The average molecular weight is 470 g/mol. The fraction of sp³-hybridized carbons (Fsp3) is 0.435. The van der Waals surface area contributed by atoms with Crippen LogP contribution in [0.15, 0.2) is 51.6 Å². The lowest BCUT2D eigenvalue weighted by Crippen LogP contribution is -2.50. The van der Waals surface area contributed by atoms with E-state index in [9.17, 15) is 9.59 Å². The lowest BCUT2D eigenvalue weighted by atomic mass is 10.2. The van der Waals surface area contributed by atoms with Crippen LogP contribution in [0.2, 0.25) is 0 Å². The minimum atomic E-state index is -0.0271. The molecule has 1 saturated heterocycles. The Labute approximate surface area is 195 Å². The minimum absolute atomic E-state index is 0.0271. The molecule has 0 spiro atoms. The van der Waals surface area contributed by atoms with Crippen LogP contribution in [0, 0.1) is 0 Å². The Morgan fingerprint density at radius 2 is 1.91 bits per heavy atom. The lowest BCUT2D eigenvalue weighted by molar-refractivity contribution is -0.120. The van der Waals surface area contributed by atoms with E-state index in [1.54, 1.807) is 16.7 Å². The number of hydrogen-bond donors (Lipinski definition) is 0. The largest absolute Gasteiger partial charge is 0.310 e. The highest BCUT2D eigenvalue weighted by Crippen LogP contribution is 2.37. The van der Waals surface area contributed by atoms with Gasteiger partial charge in [0, 0.05) is 67.1 Å². The second-order valence-corrected chi connectivity index (χ2v) is 10.8. The van der Waals surface area contributed by atoms with Gasteiger partial charge in [0.05, 0.1) is 17.9 Å². The number of aromatic nitrogens is 2. The predicted octanol–water partition coefficient (Wildman–Crippen LogP) is 2.79. The molecule has 0 saturated carbocycles. The van der Waals surface area contributed by atoms with Gasteiger partial charge in [0.25, 0.3) is 5.56 Å². The van der Waals surface area contributed by atoms with Crippen molar-refractivity contribution in [2.45, 2.75) is 30.0 Å². The maximum Gasteiger partial charge on any atom is 0.258 e. The van der Waals surface area contributed by atoms with Crippen molar-refractivity contribution in [2.75, 3.05) is 44.2 Å². The molecule has 0 radical (unpaired) electrons. The number of rotatable bonds is 4. The van der Waals surface area contributed by atoms with Gasteiger partial charge in [-0.15, -0.1) is 23.1 Å². The maximum absolute atomic E-state index is 13.2. The first-order valence-electron chi connectivity index (χ1n) is 11.0. The van der Waals surface area contributed by atoms with Gasteiger partial charge in [-0.25, -0.2) is 4.98 Å². The molecular weight excluding hydrogens is 442 g/mol. The van der Waals surface area contributed by atoms with E-state index in [0.29, 0.717) is 18.3 Å². The van der Waals surface area contributed by atoms with Crippen molar-refractivity contribution in [3.8, 4) is 0 Å². The third-order valence-electron chi connectivity index (χ3n) is 6.11. The molecule has 4 heterocycles. The molecule has 9 heteroatoms. The minimum Gasteiger partial charge on any atom is -0.310 e. The molecule has 7 nitrogen and oxygen atoms in total. The van der Waals surface area contributed by atoms with Gasteiger partial charge in [-0.3, -0.25) is 23.8 Å². The number of hydrogen-bond acceptors (Lipinski definition) is 7. The van der Waals surface area contributed by atoms with Crippen LogP contribution in [0.1, 0.15) is 19.0 Å². The summed E-state index contributed by atoms with van der Waals surface area (Å²) in [7, 11) is 0. The summed E-state index contributed by atoms with van der Waals surface area (Å²) in [5, 5.41) is 2.39. The molecule has 0 bridgehead atoms. The monoisotopic (exact) mass is 469 g/mol. The second-order valence-electron chi connectivity index (χ2n) is 8.42. The molecule has 1 aromatic carbocycles. The van der Waals surface area contributed by atoms with Crippen molar-refractivity contribution in [1.82, 2.24) is 19.2 Å². The van der Waals surface area contributed by atoms with Crippen molar-refractivity contribution in [3.63, 3.8) is 0 Å². The summed E-state index contributed by atoms with van der Waals surface area (Å²) in [6.07, 6.45) is 2.76. The molecule has 0 N–H and O–H groups in total. The van der Waals surface area contributed by atoms with Gasteiger partial charge >= 0.3 is 0 Å². The highest BCUT2D eigenvalue weighted by Gasteiger charge is 2.27. The number of amides is 1. The molecule has 2 aliphatic heterocycles. The van der Waals surface area contributed by atoms with E-state index in [1.807, 2.05) is 34.2 Å². The Morgan fingerprint density at radius 3 is 2.75 bits per heavy atom. The fourth-order valence-corrected chi connectivity index (χ4v) is 6.18. The second kappa shape index (κ2) is 9.35. The van der Waals surface area contributed by atoms with Crippen molar-refractivity contribution in [3.05, 3.63) is 58.0 Å². The van der Waals surface area contributed by atoms with Crippen molar-refractivity contribution < 1.29 is 4.79 Å². The van der Waals surface area contributed by atoms with E-state index < -0.39 is 0 Å². The van der Waals surface area contributed by atoms with Crippen LogP contribution in [0.25, 0.3) is 4.96 Å². The number of thioether (sulfide) groups is 1. The van der Waals surface area contributed by atoms with E-state index in [2.05, 4.69) is 33.8 Å². The highest BCUT2D eigenvalue weighted by atomic mass is 32.2. The summed E-state index contributed by atoms with van der Waals surface area (Å²) in [6.45, 7) is 7.52. The molecule has 168 valence electrons. The third-order valence-corrected chi connectivity index (χ3v) is 8.10. The maximum atomic E-state index is 13.2. The van der Waals surface area contributed by atoms with Crippen LogP contribution in [-0.2, 0) is 11.3 Å². The number of piperazine rings is 1. The number of para-hydroxylation sites is 1. The predicted molar refractivity (Wildman–Crippen MR) is 130 cm³/mol. The van der Waals surface area contributed by atoms with Gasteiger partial charge in [-0.05, 0) is 18.6 Å². The SMILES string of the molecule is CC1CCN(C(=O)CN2CCN(Cc3cc(=O)n4ccsc4n3)CC2)c2ccccc2S1. The van der Waals surface area contributed by atoms with Crippen molar-refractivity contribution in [2.24, 2.45) is 0 Å². The standard InChI is InChI=1S/C23H27N5O2S2/c1-17-6-7-27(19-4-2-3-5-20(19)32-17)22(30)16-26-10-8-25(9-11-26)15-18-14-21(29)28-12-13-31-23(28)24-18/h2-5,12-14,17H,6-11,15-16H2,1H3. The molecule has 1 atom stereocenters. The Morgan fingerprint density at radius 1 is 1.12 bits per heavy atom. The van der Waals surface area contributed by atoms with Crippen molar-refractivity contribution >= 4 is 39.7 Å². The Kier molecular flexibility index (Phi) is 6.32. The zero-order valence-electron chi connectivity index (χ0n) is 18.1. The van der Waals surface area contributed by atoms with Gasteiger partial charge in [0.1, 0.15) is 0 Å². The zero-order valence-corrected chi connectivity index (χ0v) is 19.8. The summed E-state index contributed by atoms with van der Waals surface area (Å²) < 4.78 is 1.58. The molecule has 1 amide bonds. The lowest BCUT2D eigenvalue weighted by Gasteiger charge is -2.35. The number of carbonyl (C=O) groups is 1. The Balaban J connectivity index is 1.19. The highest BCUT2D eigenvalue weighted by molar-refractivity contribution is 8.00. The number of thiazole rings is 1. The smallest absolute Gasteiger partial charge is 0.258 e. The van der Waals surface area contributed by atoms with Crippen LogP contribution < -0.4 is 10.5 Å². The molecule has 3 aromatic rings. The van der Waals surface area contributed by atoms with Crippen molar-refractivity contribution in [1.29, 1.82) is 0 Å². The van der Waals surface area contributed by atoms with Crippen LogP contribution in [0.3, 0.4) is 0 Å².